The SMILES string of the molecule is O=C(O)c1cccc(-c2cc3ccc([N+](=O)[O-])cc3oc2=O)c1. The van der Waals surface area contributed by atoms with Crippen LogP contribution in [-0.4, -0.2) is 16.0 Å². The van der Waals surface area contributed by atoms with Crippen LogP contribution in [0.3, 0.4) is 0 Å². The molecule has 0 atom stereocenters. The summed E-state index contributed by atoms with van der Waals surface area (Å²) in [5.74, 6) is -1.10. The van der Waals surface area contributed by atoms with Crippen LogP contribution in [0.15, 0.2) is 57.7 Å². The highest BCUT2D eigenvalue weighted by Crippen LogP contribution is 2.24. The Labute approximate surface area is 128 Å². The Morgan fingerprint density at radius 3 is 2.61 bits per heavy atom. The van der Waals surface area contributed by atoms with Gasteiger partial charge in [0.05, 0.1) is 22.1 Å². The number of hydrogen-bond acceptors (Lipinski definition) is 5. The summed E-state index contributed by atoms with van der Waals surface area (Å²) in [7, 11) is 0. The number of carboxylic acids is 1. The van der Waals surface area contributed by atoms with Crippen LogP contribution in [0.2, 0.25) is 0 Å². The van der Waals surface area contributed by atoms with Crippen molar-refractivity contribution in [2.45, 2.75) is 0 Å². The third kappa shape index (κ3) is 2.67. The number of carbonyl (C=O) groups is 1. The van der Waals surface area contributed by atoms with Gasteiger partial charge in [0.2, 0.25) is 0 Å². The van der Waals surface area contributed by atoms with Gasteiger partial charge in [-0.15, -0.1) is 0 Å². The molecule has 3 rings (SSSR count). The molecular formula is C16H9NO6. The predicted molar refractivity (Wildman–Crippen MR) is 81.5 cm³/mol. The van der Waals surface area contributed by atoms with Crippen molar-refractivity contribution < 1.29 is 19.2 Å². The molecule has 0 amide bonds. The molecule has 0 saturated heterocycles. The third-order valence-corrected chi connectivity index (χ3v) is 3.35. The van der Waals surface area contributed by atoms with Gasteiger partial charge < -0.3 is 9.52 Å². The van der Waals surface area contributed by atoms with Gasteiger partial charge in [0.1, 0.15) is 5.58 Å². The first-order valence-electron chi connectivity index (χ1n) is 6.52. The van der Waals surface area contributed by atoms with Crippen LogP contribution in [0.1, 0.15) is 10.4 Å². The maximum absolute atomic E-state index is 12.1. The van der Waals surface area contributed by atoms with Crippen molar-refractivity contribution in [1.82, 2.24) is 0 Å². The van der Waals surface area contributed by atoms with Crippen LogP contribution in [0.4, 0.5) is 5.69 Å². The van der Waals surface area contributed by atoms with E-state index in [2.05, 4.69) is 0 Å². The summed E-state index contributed by atoms with van der Waals surface area (Å²) < 4.78 is 5.13. The second-order valence-corrected chi connectivity index (χ2v) is 4.81. The maximum Gasteiger partial charge on any atom is 0.344 e. The van der Waals surface area contributed by atoms with Crippen LogP contribution in [-0.2, 0) is 0 Å². The van der Waals surface area contributed by atoms with Crippen LogP contribution in [0, 0.1) is 10.1 Å². The molecule has 7 heteroatoms. The zero-order valence-corrected chi connectivity index (χ0v) is 11.6. The van der Waals surface area contributed by atoms with Crippen LogP contribution in [0.25, 0.3) is 22.1 Å². The molecule has 3 aromatic rings. The van der Waals surface area contributed by atoms with E-state index in [0.717, 1.165) is 0 Å². The quantitative estimate of drug-likeness (QED) is 0.452. The first-order chi connectivity index (χ1) is 11.0. The lowest BCUT2D eigenvalue weighted by Crippen LogP contribution is -2.04. The van der Waals surface area contributed by atoms with Gasteiger partial charge in [0.15, 0.2) is 0 Å². The zero-order chi connectivity index (χ0) is 16.6. The van der Waals surface area contributed by atoms with E-state index in [9.17, 15) is 19.7 Å². The van der Waals surface area contributed by atoms with E-state index in [1.807, 2.05) is 0 Å². The molecule has 23 heavy (non-hydrogen) atoms. The molecule has 0 saturated carbocycles. The van der Waals surface area contributed by atoms with Crippen molar-refractivity contribution in [2.24, 2.45) is 0 Å². The average Bonchev–Trinajstić information content (AvgIpc) is 2.53. The van der Waals surface area contributed by atoms with E-state index in [1.54, 1.807) is 6.07 Å². The maximum atomic E-state index is 12.1. The van der Waals surface area contributed by atoms with E-state index in [4.69, 9.17) is 9.52 Å². The second-order valence-electron chi connectivity index (χ2n) is 4.81. The Balaban J connectivity index is 2.19. The fourth-order valence-corrected chi connectivity index (χ4v) is 2.23. The summed E-state index contributed by atoms with van der Waals surface area (Å²) in [5, 5.41) is 20.3. The van der Waals surface area contributed by atoms with E-state index in [-0.39, 0.29) is 22.4 Å². The van der Waals surface area contributed by atoms with Gasteiger partial charge in [-0.25, -0.2) is 9.59 Å². The number of benzene rings is 2. The van der Waals surface area contributed by atoms with Crippen molar-refractivity contribution in [2.75, 3.05) is 0 Å². The number of nitro groups is 1. The molecule has 0 unspecified atom stereocenters. The van der Waals surface area contributed by atoms with E-state index in [1.165, 1.54) is 42.5 Å². The van der Waals surface area contributed by atoms with Gasteiger partial charge in [0.25, 0.3) is 5.69 Å². The molecule has 0 aliphatic carbocycles. The number of carboxylic acid groups (broad SMARTS) is 1. The van der Waals surface area contributed by atoms with Gasteiger partial charge in [-0.3, -0.25) is 10.1 Å². The van der Waals surface area contributed by atoms with Gasteiger partial charge in [0, 0.05) is 11.5 Å². The topological polar surface area (TPSA) is 111 Å². The number of hydrogen-bond donors (Lipinski definition) is 1. The minimum Gasteiger partial charge on any atom is -0.478 e. The number of nitrogens with zero attached hydrogens (tertiary/aromatic N) is 1. The summed E-state index contributed by atoms with van der Waals surface area (Å²) in [4.78, 5) is 33.3. The molecule has 114 valence electrons. The molecule has 1 aromatic heterocycles. The highest BCUT2D eigenvalue weighted by atomic mass is 16.6. The van der Waals surface area contributed by atoms with E-state index >= 15 is 0 Å². The predicted octanol–water partition coefficient (Wildman–Crippen LogP) is 3.07. The van der Waals surface area contributed by atoms with Crippen molar-refractivity contribution in [3.63, 3.8) is 0 Å². The van der Waals surface area contributed by atoms with Gasteiger partial charge in [-0.1, -0.05) is 12.1 Å². The first-order valence-corrected chi connectivity index (χ1v) is 6.52. The Kier molecular flexibility index (Phi) is 3.38. The zero-order valence-electron chi connectivity index (χ0n) is 11.6. The fraction of sp³-hybridized carbons (Fsp3) is 0. The summed E-state index contributed by atoms with van der Waals surface area (Å²) >= 11 is 0. The minimum absolute atomic E-state index is 0.0469. The number of nitro benzene ring substituents is 1. The van der Waals surface area contributed by atoms with Gasteiger partial charge >= 0.3 is 11.6 Å². The van der Waals surface area contributed by atoms with Crippen molar-refractivity contribution in [1.29, 1.82) is 0 Å². The summed E-state index contributed by atoms with van der Waals surface area (Å²) in [6, 6.07) is 11.4. The Bertz CT molecular complexity index is 1000. The molecule has 0 radical (unpaired) electrons. The molecule has 0 spiro atoms. The number of aromatic carboxylic acids is 1. The number of non-ortho nitro benzene ring substituents is 1. The van der Waals surface area contributed by atoms with Crippen LogP contribution < -0.4 is 5.63 Å². The smallest absolute Gasteiger partial charge is 0.344 e. The lowest BCUT2D eigenvalue weighted by Gasteiger charge is -2.04. The van der Waals surface area contributed by atoms with E-state index in [0.29, 0.717) is 10.9 Å². The highest BCUT2D eigenvalue weighted by Gasteiger charge is 2.13. The minimum atomic E-state index is -1.10. The second kappa shape index (κ2) is 5.38. The fourth-order valence-electron chi connectivity index (χ4n) is 2.23. The Morgan fingerprint density at radius 2 is 1.91 bits per heavy atom. The van der Waals surface area contributed by atoms with Crippen LogP contribution in [0.5, 0.6) is 0 Å². The van der Waals surface area contributed by atoms with Crippen molar-refractivity contribution in [3.05, 3.63) is 74.6 Å². The molecule has 1 heterocycles. The lowest BCUT2D eigenvalue weighted by atomic mass is 10.0. The molecule has 7 nitrogen and oxygen atoms in total. The lowest BCUT2D eigenvalue weighted by molar-refractivity contribution is -0.384. The number of rotatable bonds is 3. The molecule has 0 aliphatic rings. The van der Waals surface area contributed by atoms with Crippen molar-refractivity contribution in [3.8, 4) is 11.1 Å². The summed E-state index contributed by atoms with van der Waals surface area (Å²) in [5.41, 5.74) is -0.136. The molecule has 1 N–H and O–H groups in total. The third-order valence-electron chi connectivity index (χ3n) is 3.35. The molecular weight excluding hydrogens is 302 g/mol. The highest BCUT2D eigenvalue weighted by molar-refractivity contribution is 5.90. The molecule has 0 bridgehead atoms. The molecule has 0 aliphatic heterocycles. The first kappa shape index (κ1) is 14.5. The molecule has 2 aromatic carbocycles. The van der Waals surface area contributed by atoms with Gasteiger partial charge in [-0.05, 0) is 29.8 Å². The largest absolute Gasteiger partial charge is 0.478 e. The van der Waals surface area contributed by atoms with Crippen molar-refractivity contribution >= 4 is 22.6 Å². The van der Waals surface area contributed by atoms with Crippen LogP contribution >= 0.6 is 0 Å². The van der Waals surface area contributed by atoms with E-state index < -0.39 is 16.5 Å². The number of fused-ring (bicyclic) bond motifs is 1. The average molecular weight is 311 g/mol. The van der Waals surface area contributed by atoms with Gasteiger partial charge in [-0.2, -0.15) is 0 Å². The summed E-state index contributed by atoms with van der Waals surface area (Å²) in [6.45, 7) is 0. The molecule has 0 fully saturated rings. The normalized spacial score (nSPS) is 10.6. The summed E-state index contributed by atoms with van der Waals surface area (Å²) in [6.07, 6.45) is 0. The monoisotopic (exact) mass is 311 g/mol. The Hall–Kier alpha value is -3.48. The Morgan fingerprint density at radius 1 is 1.13 bits per heavy atom. The standard InChI is InChI=1S/C16H9NO6/c18-15(19)11-3-1-2-9(6-11)13-7-10-4-5-12(17(21)22)8-14(10)23-16(13)20/h1-8H,(H,18,19).